The number of aromatic nitrogens is 2. The molecule has 14 rings (SSSR count). The van der Waals surface area contributed by atoms with E-state index >= 15 is 0 Å². The first-order chi connectivity index (χ1) is 41.0. The molecule has 3 heterocycles. The van der Waals surface area contributed by atoms with E-state index in [0.717, 1.165) is 112 Å². The zero-order chi connectivity index (χ0) is 55.6. The zero-order valence-electron chi connectivity index (χ0n) is 47.1. The predicted molar refractivity (Wildman–Crippen MR) is 351 cm³/mol. The molecule has 0 saturated heterocycles. The van der Waals surface area contributed by atoms with Gasteiger partial charge in [0.1, 0.15) is 0 Å². The molecule has 12 aromatic rings. The van der Waals surface area contributed by atoms with Gasteiger partial charge >= 0.3 is 0 Å². The van der Waals surface area contributed by atoms with Crippen LogP contribution in [0.3, 0.4) is 0 Å². The second kappa shape index (κ2) is 22.6. The highest BCUT2D eigenvalue weighted by Gasteiger charge is 2.44. The fourth-order valence-corrected chi connectivity index (χ4v) is 12.6. The number of fused-ring (bicyclic) bond motifs is 4. The molecular formula is C78H63BN4. The van der Waals surface area contributed by atoms with E-state index in [2.05, 4.69) is 297 Å². The maximum Gasteiger partial charge on any atom is 0.252 e. The van der Waals surface area contributed by atoms with Crippen LogP contribution in [-0.2, 0) is 12.8 Å². The summed E-state index contributed by atoms with van der Waals surface area (Å²) in [5.41, 5.74) is 27.4. The molecule has 5 heteroatoms. The Balaban J connectivity index is 1.12. The quantitative estimate of drug-likeness (QED) is 0.0958. The second-order valence-electron chi connectivity index (χ2n) is 22.2. The van der Waals surface area contributed by atoms with Gasteiger partial charge in [-0.25, -0.2) is 9.97 Å². The van der Waals surface area contributed by atoms with Crippen molar-refractivity contribution in [2.75, 3.05) is 9.80 Å². The summed E-state index contributed by atoms with van der Waals surface area (Å²) in [7, 11) is 0. The SMILES string of the molecule is CCCCc1ccc2c(c1)N(c1cc(-c3ccccc3)cc(-c3ccccc3)c1)c1cc(-c3cc(-c4ccccc4)nc(-c4ccccc4)n3)cc3c1B2c1ccc(CCCC)cc1N3c1cc(-c2ccccc2)cc(-c2ccccc2)c1. The van der Waals surface area contributed by atoms with Gasteiger partial charge in [0.25, 0.3) is 6.71 Å². The Morgan fingerprint density at radius 1 is 0.301 bits per heavy atom. The second-order valence-corrected chi connectivity index (χ2v) is 22.2. The molecule has 0 saturated carbocycles. The fourth-order valence-electron chi connectivity index (χ4n) is 12.6. The molecule has 0 radical (unpaired) electrons. The molecule has 11 aromatic carbocycles. The summed E-state index contributed by atoms with van der Waals surface area (Å²) in [4.78, 5) is 16.1. The van der Waals surface area contributed by atoms with E-state index in [9.17, 15) is 0 Å². The van der Waals surface area contributed by atoms with Gasteiger partial charge in [0.2, 0.25) is 0 Å². The minimum Gasteiger partial charge on any atom is -0.311 e. The zero-order valence-corrected chi connectivity index (χ0v) is 47.1. The van der Waals surface area contributed by atoms with E-state index in [1.54, 1.807) is 0 Å². The van der Waals surface area contributed by atoms with Crippen molar-refractivity contribution in [3.63, 3.8) is 0 Å². The van der Waals surface area contributed by atoms with Crippen LogP contribution in [0.25, 0.3) is 78.4 Å². The normalized spacial score (nSPS) is 12.2. The van der Waals surface area contributed by atoms with Crippen LogP contribution in [0.4, 0.5) is 34.1 Å². The lowest BCUT2D eigenvalue weighted by molar-refractivity contribution is 0.795. The number of hydrogen-bond donors (Lipinski definition) is 0. The van der Waals surface area contributed by atoms with Crippen molar-refractivity contribution in [2.45, 2.75) is 52.4 Å². The molecule has 83 heavy (non-hydrogen) atoms. The van der Waals surface area contributed by atoms with Crippen LogP contribution in [0.15, 0.2) is 273 Å². The minimum absolute atomic E-state index is 0.0889. The van der Waals surface area contributed by atoms with Gasteiger partial charge in [0.05, 0.1) is 11.4 Å². The Kier molecular flexibility index (Phi) is 14.0. The highest BCUT2D eigenvalue weighted by Crippen LogP contribution is 2.49. The third-order valence-corrected chi connectivity index (χ3v) is 16.7. The smallest absolute Gasteiger partial charge is 0.252 e. The molecular weight excluding hydrogens is 1000 g/mol. The average Bonchev–Trinajstić information content (AvgIpc) is 1.49. The van der Waals surface area contributed by atoms with Crippen LogP contribution in [0.2, 0.25) is 0 Å². The molecule has 0 aliphatic carbocycles. The van der Waals surface area contributed by atoms with Crippen molar-refractivity contribution < 1.29 is 0 Å². The third kappa shape index (κ3) is 10.0. The summed E-state index contributed by atoms with van der Waals surface area (Å²) in [6.07, 6.45) is 6.46. The first-order valence-corrected chi connectivity index (χ1v) is 29.6. The first-order valence-electron chi connectivity index (χ1n) is 29.6. The topological polar surface area (TPSA) is 32.3 Å². The van der Waals surface area contributed by atoms with Gasteiger partial charge in [-0.3, -0.25) is 0 Å². The standard InChI is InChI=1S/C78H63BN4/c1-3-5-25-54-39-41-69-73(43-54)82(67-47-62(56-27-13-7-14-28-56)45-63(48-67)57-29-15-8-16-30-57)75-51-66(72-53-71(60-35-21-11-22-36-60)80-78(81-72)61-37-23-12-24-38-61)52-76-77(75)79(69)70-42-40-55(26-6-4-2)44-74(70)83(76)68-49-64(58-31-17-9-18-32-58)46-65(50-68)59-33-19-10-20-34-59/h7-24,27-53H,3-6,25-26H2,1-2H3. The number of hydrogen-bond acceptors (Lipinski definition) is 4. The molecule has 0 spiro atoms. The first kappa shape index (κ1) is 51.3. The van der Waals surface area contributed by atoms with Crippen molar-refractivity contribution in [3.8, 4) is 78.4 Å². The van der Waals surface area contributed by atoms with Gasteiger partial charge in [0.15, 0.2) is 5.82 Å². The van der Waals surface area contributed by atoms with Gasteiger partial charge in [-0.1, -0.05) is 233 Å². The Morgan fingerprint density at radius 3 is 1.02 bits per heavy atom. The molecule has 1 aromatic heterocycles. The van der Waals surface area contributed by atoms with Gasteiger partial charge in [0, 0.05) is 50.8 Å². The number of nitrogens with zero attached hydrogens (tertiary/aromatic N) is 4. The lowest BCUT2D eigenvalue weighted by Crippen LogP contribution is -2.61. The van der Waals surface area contributed by atoms with Gasteiger partial charge < -0.3 is 9.80 Å². The Labute approximate surface area is 489 Å². The number of benzene rings is 11. The van der Waals surface area contributed by atoms with Crippen LogP contribution >= 0.6 is 0 Å². The molecule has 0 fully saturated rings. The average molecular weight is 1070 g/mol. The van der Waals surface area contributed by atoms with E-state index in [4.69, 9.17) is 9.97 Å². The van der Waals surface area contributed by atoms with Crippen molar-refractivity contribution in [3.05, 3.63) is 284 Å². The van der Waals surface area contributed by atoms with Crippen LogP contribution in [0.1, 0.15) is 50.7 Å². The number of anilines is 6. The molecule has 2 aliphatic heterocycles. The Morgan fingerprint density at radius 2 is 0.651 bits per heavy atom. The lowest BCUT2D eigenvalue weighted by atomic mass is 9.33. The summed E-state index contributed by atoms with van der Waals surface area (Å²) in [5.74, 6) is 0.683. The van der Waals surface area contributed by atoms with Crippen LogP contribution in [-0.4, -0.2) is 16.7 Å². The molecule has 0 unspecified atom stereocenters. The molecule has 4 nitrogen and oxygen atoms in total. The van der Waals surface area contributed by atoms with Crippen molar-refractivity contribution in [1.82, 2.24) is 9.97 Å². The summed E-state index contributed by atoms with van der Waals surface area (Å²) < 4.78 is 0. The van der Waals surface area contributed by atoms with Gasteiger partial charge in [-0.15, -0.1) is 0 Å². The van der Waals surface area contributed by atoms with E-state index in [1.807, 2.05) is 0 Å². The van der Waals surface area contributed by atoms with E-state index < -0.39 is 0 Å². The maximum atomic E-state index is 5.61. The monoisotopic (exact) mass is 1070 g/mol. The number of unbranched alkanes of at least 4 members (excludes halogenated alkanes) is 2. The lowest BCUT2D eigenvalue weighted by Gasteiger charge is -2.45. The Bertz CT molecular complexity index is 3900. The van der Waals surface area contributed by atoms with E-state index in [0.29, 0.717) is 5.82 Å². The van der Waals surface area contributed by atoms with Crippen LogP contribution in [0, 0.1) is 0 Å². The van der Waals surface area contributed by atoms with Crippen LogP contribution in [0.5, 0.6) is 0 Å². The summed E-state index contributed by atoms with van der Waals surface area (Å²) in [6.45, 7) is 4.50. The van der Waals surface area contributed by atoms with E-state index in [-0.39, 0.29) is 6.71 Å². The number of rotatable bonds is 15. The molecule has 0 amide bonds. The third-order valence-electron chi connectivity index (χ3n) is 16.7. The van der Waals surface area contributed by atoms with Crippen molar-refractivity contribution >= 4 is 57.2 Å². The van der Waals surface area contributed by atoms with Crippen molar-refractivity contribution in [1.29, 1.82) is 0 Å². The Hall–Kier alpha value is -9.84. The fraction of sp³-hybridized carbons (Fsp3) is 0.103. The number of aryl methyl sites for hydroxylation is 2. The van der Waals surface area contributed by atoms with Gasteiger partial charge in [-0.2, -0.15) is 0 Å². The highest BCUT2D eigenvalue weighted by atomic mass is 15.2. The van der Waals surface area contributed by atoms with Gasteiger partial charge in [-0.05, 0) is 164 Å². The maximum absolute atomic E-state index is 5.61. The molecule has 2 aliphatic rings. The van der Waals surface area contributed by atoms with Crippen LogP contribution < -0.4 is 26.2 Å². The highest BCUT2D eigenvalue weighted by molar-refractivity contribution is 7.00. The summed E-state index contributed by atoms with van der Waals surface area (Å²) >= 11 is 0. The molecule has 0 N–H and O–H groups in total. The van der Waals surface area contributed by atoms with E-state index in [1.165, 1.54) is 61.1 Å². The molecule has 398 valence electrons. The summed E-state index contributed by atoms with van der Waals surface area (Å²) in [6, 6.07) is 101. The largest absolute Gasteiger partial charge is 0.311 e. The predicted octanol–water partition coefficient (Wildman–Crippen LogP) is 18.9. The minimum atomic E-state index is -0.0889. The van der Waals surface area contributed by atoms with Crippen molar-refractivity contribution in [2.24, 2.45) is 0 Å². The summed E-state index contributed by atoms with van der Waals surface area (Å²) in [5, 5.41) is 0. The molecule has 0 bridgehead atoms. The molecule has 0 atom stereocenters.